The fraction of sp³-hybridized carbons (Fsp3) is 0.238. The monoisotopic (exact) mass is 380 g/mol. The third-order valence-electron chi connectivity index (χ3n) is 4.46. The topological polar surface area (TPSA) is 90.9 Å². The Balaban J connectivity index is 1.86. The number of ketones is 1. The van der Waals surface area contributed by atoms with Gasteiger partial charge in [0.25, 0.3) is 5.69 Å². The molecule has 0 aliphatic rings. The zero-order valence-electron chi connectivity index (χ0n) is 15.5. The zero-order valence-corrected chi connectivity index (χ0v) is 15.5. The molecule has 3 rings (SSSR count). The molecule has 3 aromatic rings. The lowest BCUT2D eigenvalue weighted by Crippen LogP contribution is -2.05. The molecule has 0 unspecified atom stereocenters. The number of benzene rings is 1. The number of nitro groups is 1. The van der Waals surface area contributed by atoms with Gasteiger partial charge in [0.1, 0.15) is 0 Å². The van der Waals surface area contributed by atoms with E-state index in [9.17, 15) is 19.7 Å². The first-order valence-corrected chi connectivity index (χ1v) is 9.05. The number of non-ortho nitro benzene ring substituents is 1. The lowest BCUT2D eigenvalue weighted by Gasteiger charge is -2.03. The highest BCUT2D eigenvalue weighted by Crippen LogP contribution is 2.22. The molecular weight excluding hydrogens is 360 g/mol. The molecule has 0 aliphatic heterocycles. The number of esters is 1. The third-order valence-corrected chi connectivity index (χ3v) is 4.46. The van der Waals surface area contributed by atoms with Gasteiger partial charge >= 0.3 is 5.97 Å². The number of pyridine rings is 1. The van der Waals surface area contributed by atoms with E-state index in [1.807, 2.05) is 34.9 Å². The number of nitro benzene ring substituents is 1. The van der Waals surface area contributed by atoms with Gasteiger partial charge in [0, 0.05) is 35.8 Å². The molecule has 0 bridgehead atoms. The standard InChI is InChI=1S/C21H20N2O5/c1-2-28-20(24)8-5-6-16-14-19(22-13-4-3-7-18(16)22)21(25)15-9-11-17(12-10-15)23(26)27/h3-4,7,9-14H,2,5-6,8H2,1H3. The number of carbonyl (C=O) groups is 2. The number of hydrogen-bond acceptors (Lipinski definition) is 5. The first-order chi connectivity index (χ1) is 13.5. The fourth-order valence-electron chi connectivity index (χ4n) is 3.14. The van der Waals surface area contributed by atoms with Gasteiger partial charge in [0.2, 0.25) is 5.78 Å². The van der Waals surface area contributed by atoms with Crippen LogP contribution in [0.15, 0.2) is 54.7 Å². The Morgan fingerprint density at radius 1 is 1.14 bits per heavy atom. The smallest absolute Gasteiger partial charge is 0.305 e. The first-order valence-electron chi connectivity index (χ1n) is 9.05. The van der Waals surface area contributed by atoms with Crippen molar-refractivity contribution in [3.63, 3.8) is 0 Å². The summed E-state index contributed by atoms with van der Waals surface area (Å²) in [6.07, 6.45) is 3.39. The Morgan fingerprint density at radius 2 is 1.89 bits per heavy atom. The van der Waals surface area contributed by atoms with Crippen molar-refractivity contribution in [1.29, 1.82) is 0 Å². The highest BCUT2D eigenvalue weighted by Gasteiger charge is 2.18. The van der Waals surface area contributed by atoms with E-state index in [2.05, 4.69) is 0 Å². The summed E-state index contributed by atoms with van der Waals surface area (Å²) in [5.74, 6) is -0.444. The van der Waals surface area contributed by atoms with Crippen LogP contribution < -0.4 is 0 Å². The minimum atomic E-state index is -0.497. The van der Waals surface area contributed by atoms with Crippen LogP contribution in [0.1, 0.15) is 41.4 Å². The molecule has 1 aromatic carbocycles. The molecular formula is C21H20N2O5. The van der Waals surface area contributed by atoms with E-state index in [4.69, 9.17) is 4.74 Å². The van der Waals surface area contributed by atoms with Gasteiger partial charge in [-0.25, -0.2) is 0 Å². The lowest BCUT2D eigenvalue weighted by molar-refractivity contribution is -0.384. The molecule has 0 aliphatic carbocycles. The summed E-state index contributed by atoms with van der Waals surface area (Å²) in [6, 6.07) is 13.0. The Labute approximate surface area is 161 Å². The van der Waals surface area contributed by atoms with Gasteiger partial charge in [-0.2, -0.15) is 0 Å². The Bertz CT molecular complexity index is 1020. The Kier molecular flexibility index (Phi) is 5.84. The Morgan fingerprint density at radius 3 is 2.57 bits per heavy atom. The van der Waals surface area contributed by atoms with Gasteiger partial charge in [-0.05, 0) is 55.7 Å². The Hall–Kier alpha value is -3.48. The van der Waals surface area contributed by atoms with E-state index >= 15 is 0 Å². The molecule has 28 heavy (non-hydrogen) atoms. The van der Waals surface area contributed by atoms with Crippen LogP contribution in [0, 0.1) is 10.1 Å². The van der Waals surface area contributed by atoms with Gasteiger partial charge in [-0.3, -0.25) is 19.7 Å². The predicted octanol–water partition coefficient (Wildman–Crippen LogP) is 3.96. The van der Waals surface area contributed by atoms with Crippen molar-refractivity contribution >= 4 is 23.0 Å². The van der Waals surface area contributed by atoms with Crippen LogP contribution in [0.3, 0.4) is 0 Å². The van der Waals surface area contributed by atoms with Crippen LogP contribution in [-0.4, -0.2) is 27.7 Å². The summed E-state index contributed by atoms with van der Waals surface area (Å²) >= 11 is 0. The van der Waals surface area contributed by atoms with Gasteiger partial charge in [-0.15, -0.1) is 0 Å². The first kappa shape index (κ1) is 19.3. The van der Waals surface area contributed by atoms with Crippen molar-refractivity contribution in [3.05, 3.63) is 81.7 Å². The number of fused-ring (bicyclic) bond motifs is 1. The molecule has 0 atom stereocenters. The number of ether oxygens (including phenoxy) is 1. The average molecular weight is 380 g/mol. The molecule has 0 spiro atoms. The molecule has 0 N–H and O–H groups in total. The van der Waals surface area contributed by atoms with Crippen molar-refractivity contribution in [2.45, 2.75) is 26.2 Å². The highest BCUT2D eigenvalue weighted by atomic mass is 16.6. The summed E-state index contributed by atoms with van der Waals surface area (Å²) < 4.78 is 6.76. The second-order valence-electron chi connectivity index (χ2n) is 6.30. The summed E-state index contributed by atoms with van der Waals surface area (Å²) in [6.45, 7) is 2.14. The maximum Gasteiger partial charge on any atom is 0.305 e. The van der Waals surface area contributed by atoms with E-state index in [-0.39, 0.29) is 17.4 Å². The van der Waals surface area contributed by atoms with E-state index in [1.165, 1.54) is 24.3 Å². The number of hydrogen-bond donors (Lipinski definition) is 0. The van der Waals surface area contributed by atoms with Crippen LogP contribution in [0.4, 0.5) is 5.69 Å². The largest absolute Gasteiger partial charge is 0.466 e. The maximum atomic E-state index is 13.0. The van der Waals surface area contributed by atoms with Crippen LogP contribution >= 0.6 is 0 Å². The van der Waals surface area contributed by atoms with Crippen molar-refractivity contribution < 1.29 is 19.2 Å². The molecule has 7 heteroatoms. The number of aromatic nitrogens is 1. The third kappa shape index (κ3) is 4.09. The van der Waals surface area contributed by atoms with E-state index < -0.39 is 4.92 Å². The summed E-state index contributed by atoms with van der Waals surface area (Å²) in [4.78, 5) is 34.8. The number of nitrogens with zero attached hydrogens (tertiary/aromatic N) is 2. The second-order valence-corrected chi connectivity index (χ2v) is 6.30. The highest BCUT2D eigenvalue weighted by molar-refractivity contribution is 6.09. The van der Waals surface area contributed by atoms with Gasteiger partial charge in [-0.1, -0.05) is 6.07 Å². The lowest BCUT2D eigenvalue weighted by atomic mass is 10.1. The summed E-state index contributed by atoms with van der Waals surface area (Å²) in [5.41, 5.74) is 2.67. The summed E-state index contributed by atoms with van der Waals surface area (Å²) in [5, 5.41) is 10.8. The van der Waals surface area contributed by atoms with Crippen molar-refractivity contribution in [2.24, 2.45) is 0 Å². The molecule has 0 fully saturated rings. The van der Waals surface area contributed by atoms with Gasteiger partial charge in [0.05, 0.1) is 17.2 Å². The van der Waals surface area contributed by atoms with Crippen molar-refractivity contribution in [3.8, 4) is 0 Å². The van der Waals surface area contributed by atoms with Gasteiger partial charge in [0.15, 0.2) is 0 Å². The minimum Gasteiger partial charge on any atom is -0.466 e. The minimum absolute atomic E-state index is 0.0591. The van der Waals surface area contributed by atoms with Gasteiger partial charge < -0.3 is 9.14 Å². The van der Waals surface area contributed by atoms with Crippen LogP contribution in [-0.2, 0) is 16.0 Å². The van der Waals surface area contributed by atoms with Crippen molar-refractivity contribution in [1.82, 2.24) is 4.40 Å². The predicted molar refractivity (Wildman–Crippen MR) is 103 cm³/mol. The van der Waals surface area contributed by atoms with Crippen LogP contribution in [0.2, 0.25) is 0 Å². The molecule has 0 saturated carbocycles. The molecule has 7 nitrogen and oxygen atoms in total. The van der Waals surface area contributed by atoms with Crippen LogP contribution in [0.5, 0.6) is 0 Å². The molecule has 144 valence electrons. The van der Waals surface area contributed by atoms with E-state index in [1.54, 1.807) is 6.92 Å². The fourth-order valence-corrected chi connectivity index (χ4v) is 3.14. The van der Waals surface area contributed by atoms with E-state index in [0.29, 0.717) is 37.1 Å². The summed E-state index contributed by atoms with van der Waals surface area (Å²) in [7, 11) is 0. The second kappa shape index (κ2) is 8.47. The SMILES string of the molecule is CCOC(=O)CCCc1cc(C(=O)c2ccc([N+](=O)[O-])cc2)n2ccccc12. The zero-order chi connectivity index (χ0) is 20.1. The van der Waals surface area contributed by atoms with E-state index in [0.717, 1.165) is 11.1 Å². The average Bonchev–Trinajstić information content (AvgIpc) is 3.06. The molecule has 0 amide bonds. The molecule has 0 saturated heterocycles. The van der Waals surface area contributed by atoms with Crippen molar-refractivity contribution in [2.75, 3.05) is 6.61 Å². The number of aryl methyl sites for hydroxylation is 1. The maximum absolute atomic E-state index is 13.0. The molecule has 2 heterocycles. The molecule has 2 aromatic heterocycles. The normalized spacial score (nSPS) is 10.8. The van der Waals surface area contributed by atoms with Crippen LogP contribution in [0.25, 0.3) is 5.52 Å². The number of rotatable bonds is 8. The number of carbonyl (C=O) groups excluding carboxylic acids is 2. The quantitative estimate of drug-likeness (QED) is 0.255. The molecule has 0 radical (unpaired) electrons.